The van der Waals surface area contributed by atoms with Crippen molar-refractivity contribution in [2.45, 2.75) is 12.5 Å². The number of nitrogens with zero attached hydrogens (tertiary/aromatic N) is 1. The first kappa shape index (κ1) is 10.7. The molecule has 1 unspecified atom stereocenters. The lowest BCUT2D eigenvalue weighted by Gasteiger charge is -2.23. The Morgan fingerprint density at radius 1 is 1.47 bits per heavy atom. The standard InChI is InChI=1S/C13H16N2O2/c1-16-10-3-2-9-6-12(15-11(9)7-10)13-8-14-4-5-17-13/h2-3,7,13-14H,4-6,8H2,1H3. The second-order valence-corrected chi connectivity index (χ2v) is 4.34. The quantitative estimate of drug-likeness (QED) is 0.836. The minimum Gasteiger partial charge on any atom is -0.497 e. The molecule has 0 aromatic heterocycles. The molecule has 2 heterocycles. The highest BCUT2D eigenvalue weighted by Crippen LogP contribution is 2.31. The number of methoxy groups -OCH3 is 1. The topological polar surface area (TPSA) is 42.8 Å². The highest BCUT2D eigenvalue weighted by Gasteiger charge is 2.25. The molecule has 0 amide bonds. The Balaban J connectivity index is 1.82. The van der Waals surface area contributed by atoms with Crippen molar-refractivity contribution in [3.05, 3.63) is 23.8 Å². The van der Waals surface area contributed by atoms with Gasteiger partial charge >= 0.3 is 0 Å². The van der Waals surface area contributed by atoms with Crippen molar-refractivity contribution in [2.75, 3.05) is 26.8 Å². The van der Waals surface area contributed by atoms with E-state index in [-0.39, 0.29) is 6.10 Å². The maximum absolute atomic E-state index is 5.73. The summed E-state index contributed by atoms with van der Waals surface area (Å²) in [6.45, 7) is 2.57. The van der Waals surface area contributed by atoms with Gasteiger partial charge in [0.05, 0.1) is 25.1 Å². The summed E-state index contributed by atoms with van der Waals surface area (Å²) < 4.78 is 10.9. The number of aliphatic imine (C=N–C) groups is 1. The third-order valence-corrected chi connectivity index (χ3v) is 3.23. The van der Waals surface area contributed by atoms with Crippen LogP contribution in [0.25, 0.3) is 0 Å². The third kappa shape index (κ3) is 2.06. The van der Waals surface area contributed by atoms with Crippen LogP contribution in [0.15, 0.2) is 23.2 Å². The Hall–Kier alpha value is -1.39. The van der Waals surface area contributed by atoms with Gasteiger partial charge in [-0.1, -0.05) is 6.07 Å². The minimum absolute atomic E-state index is 0.127. The SMILES string of the molecule is COc1ccc2c(c1)N=C(C1CNCCO1)C2. The summed E-state index contributed by atoms with van der Waals surface area (Å²) in [7, 11) is 1.68. The highest BCUT2D eigenvalue weighted by molar-refractivity contribution is 5.97. The molecule has 4 heteroatoms. The van der Waals surface area contributed by atoms with Crippen LogP contribution < -0.4 is 10.1 Å². The Kier molecular flexibility index (Phi) is 2.82. The van der Waals surface area contributed by atoms with Crippen LogP contribution >= 0.6 is 0 Å². The molecule has 1 aromatic carbocycles. The zero-order chi connectivity index (χ0) is 11.7. The van der Waals surface area contributed by atoms with Gasteiger partial charge in [0.15, 0.2) is 0 Å². The lowest BCUT2D eigenvalue weighted by molar-refractivity contribution is 0.0704. The number of nitrogens with one attached hydrogen (secondary N) is 1. The fourth-order valence-corrected chi connectivity index (χ4v) is 2.28. The van der Waals surface area contributed by atoms with Crippen LogP contribution in [0.2, 0.25) is 0 Å². The first-order valence-corrected chi connectivity index (χ1v) is 5.93. The molecule has 4 nitrogen and oxygen atoms in total. The Labute approximate surface area is 101 Å². The van der Waals surface area contributed by atoms with E-state index < -0.39 is 0 Å². The predicted molar refractivity (Wildman–Crippen MR) is 66.4 cm³/mol. The molecule has 1 aromatic rings. The molecule has 0 spiro atoms. The minimum atomic E-state index is 0.127. The second-order valence-electron chi connectivity index (χ2n) is 4.34. The summed E-state index contributed by atoms with van der Waals surface area (Å²) in [6.07, 6.45) is 1.02. The van der Waals surface area contributed by atoms with Crippen molar-refractivity contribution in [1.82, 2.24) is 5.32 Å². The molecule has 1 N–H and O–H groups in total. The van der Waals surface area contributed by atoms with E-state index in [1.165, 1.54) is 5.56 Å². The normalized spacial score (nSPS) is 23.1. The number of hydrogen-bond donors (Lipinski definition) is 1. The molecule has 2 aliphatic heterocycles. The van der Waals surface area contributed by atoms with Crippen LogP contribution in [-0.4, -0.2) is 38.6 Å². The van der Waals surface area contributed by atoms with Crippen LogP contribution in [-0.2, 0) is 11.2 Å². The summed E-state index contributed by atoms with van der Waals surface area (Å²) in [5.41, 5.74) is 3.41. The highest BCUT2D eigenvalue weighted by atomic mass is 16.5. The van der Waals surface area contributed by atoms with Gasteiger partial charge in [-0.05, 0) is 11.6 Å². The van der Waals surface area contributed by atoms with Crippen molar-refractivity contribution in [2.24, 2.45) is 4.99 Å². The monoisotopic (exact) mass is 232 g/mol. The molecule has 0 bridgehead atoms. The lowest BCUT2D eigenvalue weighted by atomic mass is 10.1. The van der Waals surface area contributed by atoms with E-state index >= 15 is 0 Å². The maximum atomic E-state index is 5.73. The van der Waals surface area contributed by atoms with Crippen molar-refractivity contribution < 1.29 is 9.47 Å². The van der Waals surface area contributed by atoms with Crippen molar-refractivity contribution >= 4 is 11.4 Å². The average molecular weight is 232 g/mol. The number of rotatable bonds is 2. The summed E-state index contributed by atoms with van der Waals surface area (Å²) in [5.74, 6) is 0.858. The van der Waals surface area contributed by atoms with Gasteiger partial charge in [0.1, 0.15) is 11.9 Å². The molecular formula is C13H16N2O2. The number of hydrogen-bond acceptors (Lipinski definition) is 4. The molecule has 0 aliphatic carbocycles. The van der Waals surface area contributed by atoms with E-state index in [9.17, 15) is 0 Å². The van der Waals surface area contributed by atoms with E-state index in [1.54, 1.807) is 7.11 Å². The molecule has 0 saturated carbocycles. The van der Waals surface area contributed by atoms with E-state index in [0.29, 0.717) is 0 Å². The first-order valence-electron chi connectivity index (χ1n) is 5.93. The van der Waals surface area contributed by atoms with Crippen LogP contribution in [0, 0.1) is 0 Å². The molecule has 90 valence electrons. The Bertz CT molecular complexity index is 451. The fourth-order valence-electron chi connectivity index (χ4n) is 2.28. The molecule has 1 atom stereocenters. The fraction of sp³-hybridized carbons (Fsp3) is 0.462. The zero-order valence-corrected chi connectivity index (χ0v) is 9.90. The second kappa shape index (κ2) is 4.47. The van der Waals surface area contributed by atoms with E-state index in [2.05, 4.69) is 16.4 Å². The van der Waals surface area contributed by atoms with E-state index in [4.69, 9.17) is 9.47 Å². The number of ether oxygens (including phenoxy) is 2. The number of benzene rings is 1. The lowest BCUT2D eigenvalue weighted by Crippen LogP contribution is -2.43. The number of fused-ring (bicyclic) bond motifs is 1. The summed E-state index contributed by atoms with van der Waals surface area (Å²) >= 11 is 0. The van der Waals surface area contributed by atoms with Crippen LogP contribution in [0.5, 0.6) is 5.75 Å². The molecule has 3 rings (SSSR count). The predicted octanol–water partition coefficient (Wildman–Crippen LogP) is 1.31. The van der Waals surface area contributed by atoms with Gasteiger partial charge in [0.25, 0.3) is 0 Å². The first-order chi connectivity index (χ1) is 8.36. The van der Waals surface area contributed by atoms with Gasteiger partial charge in [-0.25, -0.2) is 0 Å². The van der Waals surface area contributed by atoms with Crippen LogP contribution in [0.1, 0.15) is 5.56 Å². The van der Waals surface area contributed by atoms with Gasteiger partial charge < -0.3 is 14.8 Å². The Morgan fingerprint density at radius 2 is 2.41 bits per heavy atom. The van der Waals surface area contributed by atoms with Crippen LogP contribution in [0.4, 0.5) is 5.69 Å². The largest absolute Gasteiger partial charge is 0.497 e. The third-order valence-electron chi connectivity index (χ3n) is 3.23. The van der Waals surface area contributed by atoms with Gasteiger partial charge in [-0.3, -0.25) is 4.99 Å². The van der Waals surface area contributed by atoms with Gasteiger partial charge in [0, 0.05) is 25.6 Å². The van der Waals surface area contributed by atoms with E-state index in [1.807, 2.05) is 12.1 Å². The molecule has 2 aliphatic rings. The summed E-state index contributed by atoms with van der Waals surface area (Å²) in [4.78, 5) is 4.66. The molecular weight excluding hydrogens is 216 g/mol. The van der Waals surface area contributed by atoms with Crippen LogP contribution in [0.3, 0.4) is 0 Å². The smallest absolute Gasteiger partial charge is 0.121 e. The molecule has 17 heavy (non-hydrogen) atoms. The summed E-state index contributed by atoms with van der Waals surface area (Å²) in [6, 6.07) is 6.05. The van der Waals surface area contributed by atoms with Gasteiger partial charge in [-0.2, -0.15) is 0 Å². The van der Waals surface area contributed by atoms with Crippen molar-refractivity contribution in [3.8, 4) is 5.75 Å². The van der Waals surface area contributed by atoms with Crippen molar-refractivity contribution in [1.29, 1.82) is 0 Å². The molecule has 0 radical (unpaired) electrons. The summed E-state index contributed by atoms with van der Waals surface area (Å²) in [5, 5.41) is 3.33. The van der Waals surface area contributed by atoms with E-state index in [0.717, 1.165) is 43.3 Å². The molecule has 1 saturated heterocycles. The number of morpholine rings is 1. The Morgan fingerprint density at radius 3 is 3.18 bits per heavy atom. The zero-order valence-electron chi connectivity index (χ0n) is 9.90. The van der Waals surface area contributed by atoms with Gasteiger partial charge in [0.2, 0.25) is 0 Å². The van der Waals surface area contributed by atoms with Gasteiger partial charge in [-0.15, -0.1) is 0 Å². The van der Waals surface area contributed by atoms with Crippen molar-refractivity contribution in [3.63, 3.8) is 0 Å². The maximum Gasteiger partial charge on any atom is 0.121 e. The molecule has 1 fully saturated rings. The average Bonchev–Trinajstić information content (AvgIpc) is 2.82.